The summed E-state index contributed by atoms with van der Waals surface area (Å²) in [4.78, 5) is 31.1. The van der Waals surface area contributed by atoms with E-state index in [2.05, 4.69) is 26.5 Å². The summed E-state index contributed by atoms with van der Waals surface area (Å²) in [6.45, 7) is 4.86. The van der Waals surface area contributed by atoms with Crippen LogP contribution in [0.25, 0.3) is 0 Å². The Kier molecular flexibility index (Phi) is 5.60. The second kappa shape index (κ2) is 8.12. The maximum Gasteiger partial charge on any atom is 0.250 e. The van der Waals surface area contributed by atoms with Crippen molar-refractivity contribution in [1.82, 2.24) is 18.8 Å². The molecular weight excluding hydrogens is 382 g/mol. The summed E-state index contributed by atoms with van der Waals surface area (Å²) in [7, 11) is 0. The maximum absolute atomic E-state index is 12.4. The van der Waals surface area contributed by atoms with E-state index in [1.165, 1.54) is 11.5 Å². The number of rotatable bonds is 6. The molecule has 1 N–H and O–H groups in total. The highest BCUT2D eigenvalue weighted by Gasteiger charge is 2.34. The third-order valence-corrected chi connectivity index (χ3v) is 6.81. The zero-order valence-electron chi connectivity index (χ0n) is 15.3. The van der Waals surface area contributed by atoms with Gasteiger partial charge in [0.15, 0.2) is 0 Å². The lowest BCUT2D eigenvalue weighted by Crippen LogP contribution is -2.49. The van der Waals surface area contributed by atoms with Crippen LogP contribution in [0.2, 0.25) is 0 Å². The lowest BCUT2D eigenvalue weighted by Gasteiger charge is -2.42. The van der Waals surface area contributed by atoms with Gasteiger partial charge in [0.05, 0.1) is 6.54 Å². The van der Waals surface area contributed by atoms with Crippen LogP contribution in [0.5, 0.6) is 0 Å². The summed E-state index contributed by atoms with van der Waals surface area (Å²) >= 11 is 2.84. The Bertz CT molecular complexity index is 881. The molecule has 0 radical (unpaired) electrons. The second-order valence-corrected chi connectivity index (χ2v) is 8.98. The molecule has 0 spiro atoms. The van der Waals surface area contributed by atoms with Crippen LogP contribution in [0.1, 0.15) is 31.4 Å². The third kappa shape index (κ3) is 4.25. The first-order valence-corrected chi connectivity index (χ1v) is 11.1. The van der Waals surface area contributed by atoms with E-state index in [-0.39, 0.29) is 11.5 Å². The van der Waals surface area contributed by atoms with E-state index in [9.17, 15) is 9.59 Å². The number of hydrogen-bond donors (Lipinski definition) is 1. The van der Waals surface area contributed by atoms with Crippen molar-refractivity contribution >= 4 is 34.3 Å². The number of pyridine rings is 1. The molecule has 9 heteroatoms. The van der Waals surface area contributed by atoms with Crippen molar-refractivity contribution in [1.29, 1.82) is 0 Å². The third-order valence-electron chi connectivity index (χ3n) is 5.01. The van der Waals surface area contributed by atoms with Crippen LogP contribution in [0.4, 0.5) is 5.13 Å². The maximum atomic E-state index is 12.4. The molecule has 1 saturated heterocycles. The predicted molar refractivity (Wildman–Crippen MR) is 108 cm³/mol. The molecule has 0 saturated carbocycles. The van der Waals surface area contributed by atoms with Gasteiger partial charge in [-0.3, -0.25) is 19.8 Å². The molecule has 4 heterocycles. The van der Waals surface area contributed by atoms with Crippen LogP contribution in [0.3, 0.4) is 0 Å². The SMILES string of the molecule is CCCSc1nsc(NC(=O)CN2C[C@@H]3C[C@H](C2)c2cccc(=O)n2C3)n1. The topological polar surface area (TPSA) is 80.1 Å². The van der Waals surface area contributed by atoms with Crippen molar-refractivity contribution in [3.63, 3.8) is 0 Å². The molecule has 0 unspecified atom stereocenters. The fourth-order valence-corrected chi connectivity index (χ4v) is 5.41. The summed E-state index contributed by atoms with van der Waals surface area (Å²) in [6, 6.07) is 5.51. The molecule has 144 valence electrons. The van der Waals surface area contributed by atoms with Crippen LogP contribution >= 0.6 is 23.3 Å². The monoisotopic (exact) mass is 405 g/mol. The molecule has 2 bridgehead atoms. The van der Waals surface area contributed by atoms with Crippen LogP contribution < -0.4 is 10.9 Å². The van der Waals surface area contributed by atoms with Gasteiger partial charge in [0, 0.05) is 54.6 Å². The molecule has 1 fully saturated rings. The number of amides is 1. The predicted octanol–water partition coefficient (Wildman–Crippen LogP) is 2.26. The molecule has 7 nitrogen and oxygen atoms in total. The summed E-state index contributed by atoms with van der Waals surface area (Å²) in [5.74, 6) is 1.66. The highest BCUT2D eigenvalue weighted by atomic mass is 32.2. The van der Waals surface area contributed by atoms with Gasteiger partial charge in [0.1, 0.15) is 0 Å². The van der Waals surface area contributed by atoms with E-state index in [0.717, 1.165) is 49.1 Å². The van der Waals surface area contributed by atoms with Gasteiger partial charge in [-0.05, 0) is 24.8 Å². The molecule has 2 aromatic rings. The number of hydrogen-bond acceptors (Lipinski definition) is 7. The van der Waals surface area contributed by atoms with E-state index in [1.54, 1.807) is 17.8 Å². The zero-order valence-corrected chi connectivity index (χ0v) is 16.9. The molecule has 4 rings (SSSR count). The van der Waals surface area contributed by atoms with Crippen molar-refractivity contribution in [2.45, 2.75) is 37.4 Å². The van der Waals surface area contributed by atoms with Crippen LogP contribution in [0, 0.1) is 5.92 Å². The molecule has 2 aliphatic heterocycles. The number of aromatic nitrogens is 3. The first kappa shape index (κ1) is 18.6. The van der Waals surface area contributed by atoms with E-state index in [4.69, 9.17) is 0 Å². The van der Waals surface area contributed by atoms with Crippen LogP contribution in [-0.4, -0.2) is 50.1 Å². The van der Waals surface area contributed by atoms with E-state index in [1.807, 2.05) is 16.7 Å². The largest absolute Gasteiger partial charge is 0.312 e. The Morgan fingerprint density at radius 1 is 1.37 bits per heavy atom. The van der Waals surface area contributed by atoms with Crippen molar-refractivity contribution in [3.05, 3.63) is 34.2 Å². The summed E-state index contributed by atoms with van der Waals surface area (Å²) in [6.07, 6.45) is 2.16. The number of nitrogens with one attached hydrogen (secondary N) is 1. The van der Waals surface area contributed by atoms with Crippen LogP contribution in [-0.2, 0) is 11.3 Å². The minimum absolute atomic E-state index is 0.0522. The normalized spacial score (nSPS) is 21.7. The van der Waals surface area contributed by atoms with Gasteiger partial charge in [-0.15, -0.1) is 0 Å². The van der Waals surface area contributed by atoms with E-state index >= 15 is 0 Å². The van der Waals surface area contributed by atoms with Crippen molar-refractivity contribution in [3.8, 4) is 0 Å². The number of fused-ring (bicyclic) bond motifs is 4. The molecule has 27 heavy (non-hydrogen) atoms. The van der Waals surface area contributed by atoms with Crippen molar-refractivity contribution in [2.24, 2.45) is 5.92 Å². The highest BCUT2D eigenvalue weighted by molar-refractivity contribution is 7.99. The summed E-state index contributed by atoms with van der Waals surface area (Å²) in [5, 5.41) is 4.17. The lowest BCUT2D eigenvalue weighted by atomic mass is 9.83. The summed E-state index contributed by atoms with van der Waals surface area (Å²) in [5.41, 5.74) is 1.19. The Labute approximate surface area is 166 Å². The number of thioether (sulfide) groups is 1. The quantitative estimate of drug-likeness (QED) is 0.743. The molecule has 1 amide bonds. The Morgan fingerprint density at radius 3 is 3.11 bits per heavy atom. The van der Waals surface area contributed by atoms with Gasteiger partial charge in [-0.2, -0.15) is 9.36 Å². The Hall–Kier alpha value is -1.71. The van der Waals surface area contributed by atoms with Gasteiger partial charge in [-0.25, -0.2) is 0 Å². The van der Waals surface area contributed by atoms with Gasteiger partial charge in [-0.1, -0.05) is 24.8 Å². The summed E-state index contributed by atoms with van der Waals surface area (Å²) < 4.78 is 6.18. The average Bonchev–Trinajstić information content (AvgIpc) is 3.08. The number of anilines is 1. The van der Waals surface area contributed by atoms with Crippen LogP contribution in [0.15, 0.2) is 28.2 Å². The molecule has 2 aromatic heterocycles. The number of carbonyl (C=O) groups excluding carboxylic acids is 1. The molecular formula is C18H23N5O2S2. The van der Waals surface area contributed by atoms with Gasteiger partial charge in [0.2, 0.25) is 16.2 Å². The standard InChI is InChI=1S/C18H23N5O2S2/c1-2-6-26-18-20-17(27-21-18)19-15(24)11-22-8-12-7-13(10-22)14-4-3-5-16(25)23(14)9-12/h3-5,12-13H,2,6-11H2,1H3,(H,19,20,21,24)/t12-,13+/m0/s1. The van der Waals surface area contributed by atoms with Gasteiger partial charge in [0.25, 0.3) is 5.56 Å². The second-order valence-electron chi connectivity index (χ2n) is 7.17. The molecule has 2 atom stereocenters. The zero-order chi connectivity index (χ0) is 18.8. The Morgan fingerprint density at radius 2 is 2.26 bits per heavy atom. The Balaban J connectivity index is 1.36. The van der Waals surface area contributed by atoms with E-state index < -0.39 is 0 Å². The fourth-order valence-electron chi connectivity index (χ4n) is 4.00. The van der Waals surface area contributed by atoms with Gasteiger partial charge >= 0.3 is 0 Å². The molecule has 2 aliphatic rings. The van der Waals surface area contributed by atoms with Crippen molar-refractivity contribution in [2.75, 3.05) is 30.7 Å². The number of nitrogens with zero attached hydrogens (tertiary/aromatic N) is 4. The number of likely N-dealkylation sites (tertiary alicyclic amines) is 1. The first-order valence-electron chi connectivity index (χ1n) is 9.31. The highest BCUT2D eigenvalue weighted by Crippen LogP contribution is 2.34. The first-order chi connectivity index (χ1) is 13.1. The lowest BCUT2D eigenvalue weighted by molar-refractivity contribution is -0.117. The number of carbonyl (C=O) groups is 1. The smallest absolute Gasteiger partial charge is 0.250 e. The van der Waals surface area contributed by atoms with Crippen molar-refractivity contribution < 1.29 is 4.79 Å². The number of piperidine rings is 1. The van der Waals surface area contributed by atoms with E-state index in [0.29, 0.717) is 23.5 Å². The fraction of sp³-hybridized carbons (Fsp3) is 0.556. The molecule has 0 aromatic carbocycles. The average molecular weight is 406 g/mol. The minimum atomic E-state index is -0.0522. The molecule has 0 aliphatic carbocycles. The van der Waals surface area contributed by atoms with Gasteiger partial charge < -0.3 is 4.57 Å². The minimum Gasteiger partial charge on any atom is -0.312 e.